The summed E-state index contributed by atoms with van der Waals surface area (Å²) in [6, 6.07) is 13.3. The Labute approximate surface area is 134 Å². The third-order valence-corrected chi connectivity index (χ3v) is 4.91. The monoisotopic (exact) mass is 332 g/mol. The van der Waals surface area contributed by atoms with Gasteiger partial charge in [-0.2, -0.15) is 0 Å². The van der Waals surface area contributed by atoms with E-state index in [1.165, 1.54) is 4.90 Å². The maximum atomic E-state index is 12.5. The fourth-order valence-corrected chi connectivity index (χ4v) is 3.40. The second kappa shape index (κ2) is 5.92. The normalized spacial score (nSPS) is 14.7. The van der Waals surface area contributed by atoms with E-state index in [0.29, 0.717) is 17.9 Å². The van der Waals surface area contributed by atoms with Crippen LogP contribution in [0.15, 0.2) is 53.4 Å². The minimum absolute atomic E-state index is 0.168. The Balaban J connectivity index is 1.94. The highest BCUT2D eigenvalue weighted by atomic mass is 32.2. The van der Waals surface area contributed by atoms with Crippen molar-refractivity contribution in [3.05, 3.63) is 54.1 Å². The van der Waals surface area contributed by atoms with Crippen molar-refractivity contribution in [2.75, 3.05) is 22.8 Å². The van der Waals surface area contributed by atoms with Crippen LogP contribution in [-0.2, 0) is 14.8 Å². The average molecular weight is 332 g/mol. The van der Waals surface area contributed by atoms with Gasteiger partial charge >= 0.3 is 6.09 Å². The third-order valence-electron chi connectivity index (χ3n) is 3.53. The number of carbonyl (C=O) groups excluding carboxylic acids is 1. The summed E-state index contributed by atoms with van der Waals surface area (Å²) in [5.41, 5.74) is 1.79. The zero-order valence-electron chi connectivity index (χ0n) is 12.5. The topological polar surface area (TPSA) is 75.7 Å². The van der Waals surface area contributed by atoms with Gasteiger partial charge in [-0.1, -0.05) is 29.8 Å². The van der Waals surface area contributed by atoms with E-state index in [9.17, 15) is 13.2 Å². The summed E-state index contributed by atoms with van der Waals surface area (Å²) in [6.07, 6.45) is -0.480. The molecule has 2 aromatic rings. The SMILES string of the molecule is Cc1ccc(S(=O)(=O)Nc2ccccc2N2CCOC2=O)cc1. The van der Waals surface area contributed by atoms with Crippen molar-refractivity contribution in [2.45, 2.75) is 11.8 Å². The number of nitrogens with zero attached hydrogens (tertiary/aromatic N) is 1. The van der Waals surface area contributed by atoms with Crippen LogP contribution >= 0.6 is 0 Å². The number of hydrogen-bond donors (Lipinski definition) is 1. The number of nitrogens with one attached hydrogen (secondary N) is 1. The Hall–Kier alpha value is -2.54. The second-order valence-electron chi connectivity index (χ2n) is 5.20. The molecule has 0 radical (unpaired) electrons. The van der Waals surface area contributed by atoms with Crippen LogP contribution in [0.4, 0.5) is 16.2 Å². The summed E-state index contributed by atoms with van der Waals surface area (Å²) < 4.78 is 32.5. The van der Waals surface area contributed by atoms with Gasteiger partial charge in [0, 0.05) is 0 Å². The lowest BCUT2D eigenvalue weighted by Crippen LogP contribution is -2.25. The first-order valence-electron chi connectivity index (χ1n) is 7.10. The van der Waals surface area contributed by atoms with Crippen LogP contribution in [0.2, 0.25) is 0 Å². The third kappa shape index (κ3) is 3.14. The summed E-state index contributed by atoms with van der Waals surface area (Å²) in [5, 5.41) is 0. The lowest BCUT2D eigenvalue weighted by Gasteiger charge is -2.18. The van der Waals surface area contributed by atoms with Crippen LogP contribution in [-0.4, -0.2) is 27.7 Å². The van der Waals surface area contributed by atoms with E-state index in [-0.39, 0.29) is 11.5 Å². The van der Waals surface area contributed by atoms with Gasteiger partial charge in [0.25, 0.3) is 10.0 Å². The number of sulfonamides is 1. The summed E-state index contributed by atoms with van der Waals surface area (Å²) in [5.74, 6) is 0. The van der Waals surface area contributed by atoms with E-state index in [0.717, 1.165) is 5.56 Å². The number of hydrogen-bond acceptors (Lipinski definition) is 4. The first kappa shape index (κ1) is 15.4. The molecule has 6 nitrogen and oxygen atoms in total. The van der Waals surface area contributed by atoms with Crippen LogP contribution in [0.3, 0.4) is 0 Å². The number of benzene rings is 2. The highest BCUT2D eigenvalue weighted by Crippen LogP contribution is 2.29. The van der Waals surface area contributed by atoms with E-state index in [1.54, 1.807) is 48.5 Å². The Bertz CT molecular complexity index is 831. The van der Waals surface area contributed by atoms with Gasteiger partial charge in [-0.05, 0) is 31.2 Å². The molecule has 0 bridgehead atoms. The molecule has 0 atom stereocenters. The molecular weight excluding hydrogens is 316 g/mol. The van der Waals surface area contributed by atoms with E-state index < -0.39 is 16.1 Å². The Kier molecular flexibility index (Phi) is 3.96. The van der Waals surface area contributed by atoms with Crippen molar-refractivity contribution in [1.29, 1.82) is 0 Å². The molecule has 1 fully saturated rings. The van der Waals surface area contributed by atoms with E-state index in [1.807, 2.05) is 6.92 Å². The van der Waals surface area contributed by atoms with Crippen LogP contribution < -0.4 is 9.62 Å². The lowest BCUT2D eigenvalue weighted by atomic mass is 10.2. The molecule has 1 aliphatic rings. The summed E-state index contributed by atoms with van der Waals surface area (Å²) >= 11 is 0. The van der Waals surface area contributed by atoms with Gasteiger partial charge in [-0.3, -0.25) is 9.62 Å². The van der Waals surface area contributed by atoms with Crippen LogP contribution in [0.5, 0.6) is 0 Å². The van der Waals surface area contributed by atoms with Gasteiger partial charge in [0.15, 0.2) is 0 Å². The number of rotatable bonds is 4. The zero-order chi connectivity index (χ0) is 16.4. The standard InChI is InChI=1S/C16H16N2O4S/c1-12-6-8-13(9-7-12)23(20,21)17-14-4-2-3-5-15(14)18-10-11-22-16(18)19/h2-9,17H,10-11H2,1H3. The lowest BCUT2D eigenvalue weighted by molar-refractivity contribution is 0.181. The van der Waals surface area contributed by atoms with E-state index in [4.69, 9.17) is 4.74 Å². The van der Waals surface area contributed by atoms with Crippen molar-refractivity contribution >= 4 is 27.5 Å². The predicted octanol–water partition coefficient (Wildman–Crippen LogP) is 2.75. The molecule has 23 heavy (non-hydrogen) atoms. The molecule has 2 aromatic carbocycles. The van der Waals surface area contributed by atoms with Crippen molar-refractivity contribution in [2.24, 2.45) is 0 Å². The van der Waals surface area contributed by atoms with Crippen LogP contribution in [0.1, 0.15) is 5.56 Å². The fourth-order valence-electron chi connectivity index (χ4n) is 2.33. The quantitative estimate of drug-likeness (QED) is 0.934. The summed E-state index contributed by atoms with van der Waals surface area (Å²) in [4.78, 5) is 13.3. The van der Waals surface area contributed by atoms with E-state index >= 15 is 0 Å². The highest BCUT2D eigenvalue weighted by Gasteiger charge is 2.27. The van der Waals surface area contributed by atoms with Gasteiger partial charge in [0.2, 0.25) is 0 Å². The molecule has 1 amide bonds. The average Bonchev–Trinajstić information content (AvgIpc) is 2.94. The molecule has 1 heterocycles. The number of ether oxygens (including phenoxy) is 1. The highest BCUT2D eigenvalue weighted by molar-refractivity contribution is 7.92. The molecule has 1 aliphatic heterocycles. The molecule has 0 unspecified atom stereocenters. The van der Waals surface area contributed by atoms with E-state index in [2.05, 4.69) is 4.72 Å². The number of anilines is 2. The maximum Gasteiger partial charge on any atom is 0.414 e. The minimum atomic E-state index is -3.73. The molecule has 0 spiro atoms. The molecule has 7 heteroatoms. The van der Waals surface area contributed by atoms with Crippen LogP contribution in [0, 0.1) is 6.92 Å². The number of amides is 1. The fraction of sp³-hybridized carbons (Fsp3) is 0.188. The number of cyclic esters (lactones) is 1. The molecule has 0 saturated carbocycles. The summed E-state index contributed by atoms with van der Waals surface area (Å²) in [7, 11) is -3.73. The molecule has 120 valence electrons. The maximum absolute atomic E-state index is 12.5. The molecular formula is C16H16N2O4S. The summed E-state index contributed by atoms with van der Waals surface area (Å²) in [6.45, 7) is 2.57. The van der Waals surface area contributed by atoms with Gasteiger partial charge in [-0.15, -0.1) is 0 Å². The van der Waals surface area contributed by atoms with Crippen LogP contribution in [0.25, 0.3) is 0 Å². The van der Waals surface area contributed by atoms with Gasteiger partial charge < -0.3 is 4.74 Å². The number of aryl methyl sites for hydroxylation is 1. The first-order valence-corrected chi connectivity index (χ1v) is 8.58. The smallest absolute Gasteiger partial charge is 0.414 e. The molecule has 1 N–H and O–H groups in total. The van der Waals surface area contributed by atoms with Crippen molar-refractivity contribution in [3.8, 4) is 0 Å². The van der Waals surface area contributed by atoms with Gasteiger partial charge in [-0.25, -0.2) is 13.2 Å². The molecule has 0 aromatic heterocycles. The van der Waals surface area contributed by atoms with Gasteiger partial charge in [0.1, 0.15) is 6.61 Å². The largest absolute Gasteiger partial charge is 0.447 e. The Morgan fingerprint density at radius 1 is 1.09 bits per heavy atom. The van der Waals surface area contributed by atoms with Crippen molar-refractivity contribution in [1.82, 2.24) is 0 Å². The molecule has 1 saturated heterocycles. The number of carbonyl (C=O) groups is 1. The molecule has 0 aliphatic carbocycles. The molecule has 3 rings (SSSR count). The Morgan fingerprint density at radius 2 is 1.78 bits per heavy atom. The first-order chi connectivity index (χ1) is 11.0. The van der Waals surface area contributed by atoms with Crippen molar-refractivity contribution in [3.63, 3.8) is 0 Å². The predicted molar refractivity (Wildman–Crippen MR) is 87.1 cm³/mol. The van der Waals surface area contributed by atoms with Gasteiger partial charge in [0.05, 0.1) is 22.8 Å². The Morgan fingerprint density at radius 3 is 2.43 bits per heavy atom. The zero-order valence-corrected chi connectivity index (χ0v) is 13.3. The van der Waals surface area contributed by atoms with Crippen molar-refractivity contribution < 1.29 is 17.9 Å². The second-order valence-corrected chi connectivity index (χ2v) is 6.88. The minimum Gasteiger partial charge on any atom is -0.447 e. The number of para-hydroxylation sites is 2.